The molecule has 1 saturated heterocycles. The number of benzene rings is 1. The number of hydrazine groups is 1. The average molecular weight is 395 g/mol. The Hall–Kier alpha value is -2.52. The van der Waals surface area contributed by atoms with Gasteiger partial charge in [0, 0.05) is 31.7 Å². The SMILES string of the molecule is COc1ccc(OC)c(C(NN2CCN(C(=O)OC(C)(C)C)CC2)C(=O)O)c1. The second-order valence-electron chi connectivity index (χ2n) is 7.46. The standard InChI is InChI=1S/C19H29N3O6/c1-19(2,3)28-18(25)21-8-10-22(11-9-21)20-16(17(23)24)14-12-13(26-4)6-7-15(14)27-5/h6-7,12,16,20H,8-11H2,1-5H3,(H,23,24). The van der Waals surface area contributed by atoms with E-state index in [0.29, 0.717) is 43.2 Å². The first-order chi connectivity index (χ1) is 13.1. The van der Waals surface area contributed by atoms with E-state index in [1.807, 2.05) is 20.8 Å². The quantitative estimate of drug-likeness (QED) is 0.753. The average Bonchev–Trinajstić information content (AvgIpc) is 2.64. The largest absolute Gasteiger partial charge is 0.497 e. The molecule has 1 fully saturated rings. The first-order valence-electron chi connectivity index (χ1n) is 9.08. The maximum Gasteiger partial charge on any atom is 0.410 e. The normalized spacial score (nSPS) is 16.4. The summed E-state index contributed by atoms with van der Waals surface area (Å²) in [7, 11) is 3.01. The maximum atomic E-state index is 12.2. The monoisotopic (exact) mass is 395 g/mol. The van der Waals surface area contributed by atoms with Crippen LogP contribution < -0.4 is 14.9 Å². The minimum atomic E-state index is -1.04. The predicted octanol–water partition coefficient (Wildman–Crippen LogP) is 1.89. The number of methoxy groups -OCH3 is 2. The third-order valence-corrected chi connectivity index (χ3v) is 4.24. The van der Waals surface area contributed by atoms with Crippen LogP contribution >= 0.6 is 0 Å². The lowest BCUT2D eigenvalue weighted by atomic mass is 10.1. The number of ether oxygens (including phenoxy) is 3. The summed E-state index contributed by atoms with van der Waals surface area (Å²) in [6.07, 6.45) is -0.364. The van der Waals surface area contributed by atoms with Gasteiger partial charge in [0.05, 0.1) is 14.2 Å². The number of carbonyl (C=O) groups excluding carboxylic acids is 1. The second-order valence-corrected chi connectivity index (χ2v) is 7.46. The molecule has 9 heteroatoms. The van der Waals surface area contributed by atoms with E-state index in [4.69, 9.17) is 14.2 Å². The number of hydrogen-bond donors (Lipinski definition) is 2. The summed E-state index contributed by atoms with van der Waals surface area (Å²) in [5, 5.41) is 11.5. The number of hydrogen-bond acceptors (Lipinski definition) is 7. The summed E-state index contributed by atoms with van der Waals surface area (Å²) >= 11 is 0. The van der Waals surface area contributed by atoms with Crippen molar-refractivity contribution < 1.29 is 28.9 Å². The van der Waals surface area contributed by atoms with Crippen LogP contribution in [-0.2, 0) is 9.53 Å². The Balaban J connectivity index is 2.05. The fourth-order valence-electron chi connectivity index (χ4n) is 2.85. The van der Waals surface area contributed by atoms with Gasteiger partial charge in [-0.1, -0.05) is 0 Å². The van der Waals surface area contributed by atoms with Crippen molar-refractivity contribution in [2.24, 2.45) is 0 Å². The van der Waals surface area contributed by atoms with E-state index >= 15 is 0 Å². The molecule has 1 aromatic rings. The molecule has 0 bridgehead atoms. The van der Waals surface area contributed by atoms with Crippen molar-refractivity contribution in [3.05, 3.63) is 23.8 Å². The lowest BCUT2D eigenvalue weighted by Gasteiger charge is -2.37. The summed E-state index contributed by atoms with van der Waals surface area (Å²) < 4.78 is 15.9. The summed E-state index contributed by atoms with van der Waals surface area (Å²) in [6.45, 7) is 7.27. The first-order valence-corrected chi connectivity index (χ1v) is 9.08. The zero-order valence-corrected chi connectivity index (χ0v) is 17.0. The van der Waals surface area contributed by atoms with Gasteiger partial charge >= 0.3 is 12.1 Å². The van der Waals surface area contributed by atoms with Gasteiger partial charge in [0.2, 0.25) is 0 Å². The van der Waals surface area contributed by atoms with Crippen molar-refractivity contribution >= 4 is 12.1 Å². The second kappa shape index (κ2) is 9.11. The smallest absolute Gasteiger partial charge is 0.410 e. The summed E-state index contributed by atoms with van der Waals surface area (Å²) in [6, 6.07) is 4.01. The number of amides is 1. The molecule has 0 radical (unpaired) electrons. The summed E-state index contributed by atoms with van der Waals surface area (Å²) in [5.74, 6) is -0.0483. The number of piperazine rings is 1. The van der Waals surface area contributed by atoms with Crippen LogP contribution in [0.25, 0.3) is 0 Å². The Morgan fingerprint density at radius 1 is 1.11 bits per heavy atom. The van der Waals surface area contributed by atoms with Crippen molar-refractivity contribution in [1.82, 2.24) is 15.3 Å². The minimum Gasteiger partial charge on any atom is -0.497 e. The number of nitrogens with zero attached hydrogens (tertiary/aromatic N) is 2. The number of rotatable bonds is 6. The molecule has 0 aromatic heterocycles. The first kappa shape index (κ1) is 21.8. The maximum absolute atomic E-state index is 12.2. The predicted molar refractivity (Wildman–Crippen MR) is 102 cm³/mol. The molecular weight excluding hydrogens is 366 g/mol. The van der Waals surface area contributed by atoms with Crippen molar-refractivity contribution in [1.29, 1.82) is 0 Å². The molecule has 9 nitrogen and oxygen atoms in total. The molecule has 1 amide bonds. The van der Waals surface area contributed by atoms with Crippen LogP contribution in [0.3, 0.4) is 0 Å². The highest BCUT2D eigenvalue weighted by Gasteiger charge is 2.30. The molecule has 0 aliphatic carbocycles. The molecule has 1 atom stereocenters. The van der Waals surface area contributed by atoms with Crippen LogP contribution in [-0.4, -0.2) is 73.1 Å². The Bertz CT molecular complexity index is 695. The molecule has 1 aromatic carbocycles. The Morgan fingerprint density at radius 3 is 2.25 bits per heavy atom. The molecule has 1 unspecified atom stereocenters. The minimum absolute atomic E-state index is 0.364. The van der Waals surface area contributed by atoms with E-state index in [0.717, 1.165) is 0 Å². The van der Waals surface area contributed by atoms with Crippen molar-refractivity contribution in [2.75, 3.05) is 40.4 Å². The van der Waals surface area contributed by atoms with E-state index in [1.165, 1.54) is 14.2 Å². The van der Waals surface area contributed by atoms with E-state index < -0.39 is 17.6 Å². The van der Waals surface area contributed by atoms with Crippen molar-refractivity contribution in [3.8, 4) is 11.5 Å². The number of aliphatic carboxylic acids is 1. The van der Waals surface area contributed by atoms with Gasteiger partial charge in [-0.2, -0.15) is 0 Å². The highest BCUT2D eigenvalue weighted by Crippen LogP contribution is 2.30. The van der Waals surface area contributed by atoms with Gasteiger partial charge < -0.3 is 24.2 Å². The third-order valence-electron chi connectivity index (χ3n) is 4.24. The summed E-state index contributed by atoms with van der Waals surface area (Å²) in [4.78, 5) is 25.7. The molecule has 0 saturated carbocycles. The van der Waals surface area contributed by atoms with Gasteiger partial charge in [0.25, 0.3) is 0 Å². The van der Waals surface area contributed by atoms with Crippen LogP contribution in [0.5, 0.6) is 11.5 Å². The highest BCUT2D eigenvalue weighted by molar-refractivity contribution is 5.77. The van der Waals surface area contributed by atoms with Gasteiger partial charge in [-0.25, -0.2) is 15.2 Å². The van der Waals surface area contributed by atoms with Gasteiger partial charge in [-0.05, 0) is 39.0 Å². The van der Waals surface area contributed by atoms with Gasteiger partial charge in [-0.3, -0.25) is 4.79 Å². The molecule has 156 valence electrons. The van der Waals surface area contributed by atoms with E-state index in [1.54, 1.807) is 28.1 Å². The number of carbonyl (C=O) groups is 2. The molecule has 2 rings (SSSR count). The van der Waals surface area contributed by atoms with Crippen LogP contribution in [0.4, 0.5) is 4.79 Å². The third kappa shape index (κ3) is 5.74. The van der Waals surface area contributed by atoms with E-state index in [2.05, 4.69) is 5.43 Å². The molecule has 1 aliphatic heterocycles. The molecule has 0 spiro atoms. The molecule has 1 heterocycles. The lowest BCUT2D eigenvalue weighted by Crippen LogP contribution is -2.55. The number of carboxylic acid groups (broad SMARTS) is 1. The van der Waals surface area contributed by atoms with Gasteiger partial charge in [0.15, 0.2) is 0 Å². The molecule has 2 N–H and O–H groups in total. The zero-order chi connectivity index (χ0) is 20.9. The Kier molecular flexibility index (Phi) is 7.09. The number of nitrogens with one attached hydrogen (secondary N) is 1. The van der Waals surface area contributed by atoms with Crippen molar-refractivity contribution in [2.45, 2.75) is 32.4 Å². The van der Waals surface area contributed by atoms with E-state index in [-0.39, 0.29) is 6.09 Å². The summed E-state index contributed by atoms with van der Waals surface area (Å²) in [5.41, 5.74) is 2.94. The Morgan fingerprint density at radius 2 is 1.75 bits per heavy atom. The Labute approximate surface area is 165 Å². The van der Waals surface area contributed by atoms with Crippen LogP contribution in [0, 0.1) is 0 Å². The highest BCUT2D eigenvalue weighted by atomic mass is 16.6. The zero-order valence-electron chi connectivity index (χ0n) is 17.0. The molecule has 28 heavy (non-hydrogen) atoms. The fourth-order valence-corrected chi connectivity index (χ4v) is 2.85. The van der Waals surface area contributed by atoms with Gasteiger partial charge in [0.1, 0.15) is 23.1 Å². The number of carboxylic acids is 1. The van der Waals surface area contributed by atoms with E-state index in [9.17, 15) is 14.7 Å². The van der Waals surface area contributed by atoms with Crippen LogP contribution in [0.1, 0.15) is 32.4 Å². The van der Waals surface area contributed by atoms with Crippen molar-refractivity contribution in [3.63, 3.8) is 0 Å². The molecular formula is C19H29N3O6. The fraction of sp³-hybridized carbons (Fsp3) is 0.579. The molecule has 1 aliphatic rings. The van der Waals surface area contributed by atoms with Gasteiger partial charge in [-0.15, -0.1) is 0 Å². The van der Waals surface area contributed by atoms with Crippen LogP contribution in [0.2, 0.25) is 0 Å². The topological polar surface area (TPSA) is 101 Å². The lowest BCUT2D eigenvalue weighted by molar-refractivity contribution is -0.141. The van der Waals surface area contributed by atoms with Crippen LogP contribution in [0.15, 0.2) is 18.2 Å².